The topological polar surface area (TPSA) is 58.2 Å². The van der Waals surface area contributed by atoms with Crippen LogP contribution in [0.3, 0.4) is 0 Å². The summed E-state index contributed by atoms with van der Waals surface area (Å²) in [6, 6.07) is 10.5. The molecule has 5 nitrogen and oxygen atoms in total. The Morgan fingerprint density at radius 3 is 2.55 bits per heavy atom. The maximum absolute atomic E-state index is 12.9. The average Bonchev–Trinajstić information content (AvgIpc) is 3.10. The van der Waals surface area contributed by atoms with Gasteiger partial charge in [0.05, 0.1) is 17.7 Å². The second kappa shape index (κ2) is 10.1. The number of carbonyl (C=O) groups excluding carboxylic acids is 1. The summed E-state index contributed by atoms with van der Waals surface area (Å²) in [6.45, 7) is 9.25. The maximum atomic E-state index is 12.9. The fraction of sp³-hybridized carbons (Fsp3) is 0.583. The Hall–Kier alpha value is -2.14. The minimum Gasteiger partial charge on any atom is -0.466 e. The lowest BCUT2D eigenvalue weighted by Crippen LogP contribution is -2.45. The molecule has 1 aromatic carbocycles. The lowest BCUT2D eigenvalue weighted by molar-refractivity contribution is -0.159. The van der Waals surface area contributed by atoms with Gasteiger partial charge in [-0.1, -0.05) is 37.3 Å². The largest absolute Gasteiger partial charge is 0.466 e. The highest BCUT2D eigenvalue weighted by atomic mass is 16.5. The van der Waals surface area contributed by atoms with Crippen molar-refractivity contribution in [3.05, 3.63) is 53.1 Å². The minimum absolute atomic E-state index is 0.00284. The first kappa shape index (κ1) is 21.6. The molecule has 0 radical (unpaired) electrons. The van der Waals surface area contributed by atoms with Crippen LogP contribution in [0.4, 0.5) is 0 Å². The fourth-order valence-corrected chi connectivity index (χ4v) is 4.35. The SMILES string of the molecule is CCOC(=O)C1(CCCc2ccccc2)CCN(Cc2nc(CC)[nH]c2C)CC1. The Kier molecular flexibility index (Phi) is 7.48. The first-order valence-electron chi connectivity index (χ1n) is 11.0. The number of carbonyl (C=O) groups is 1. The maximum Gasteiger partial charge on any atom is 0.312 e. The molecule has 5 heteroatoms. The monoisotopic (exact) mass is 397 g/mol. The number of H-pyrrole nitrogens is 1. The molecular formula is C24H35N3O2. The molecule has 1 N–H and O–H groups in total. The number of nitrogens with zero attached hydrogens (tertiary/aromatic N) is 2. The van der Waals surface area contributed by atoms with Gasteiger partial charge in [0.1, 0.15) is 5.82 Å². The van der Waals surface area contributed by atoms with E-state index in [4.69, 9.17) is 9.72 Å². The van der Waals surface area contributed by atoms with Crippen molar-refractivity contribution in [3.8, 4) is 0 Å². The highest BCUT2D eigenvalue weighted by Crippen LogP contribution is 2.38. The van der Waals surface area contributed by atoms with Crippen molar-refractivity contribution < 1.29 is 9.53 Å². The van der Waals surface area contributed by atoms with Gasteiger partial charge in [-0.3, -0.25) is 9.69 Å². The number of imidazole rings is 1. The third-order valence-corrected chi connectivity index (χ3v) is 6.23. The highest BCUT2D eigenvalue weighted by Gasteiger charge is 2.42. The van der Waals surface area contributed by atoms with Gasteiger partial charge in [-0.05, 0) is 64.6 Å². The number of ether oxygens (including phenoxy) is 1. The predicted molar refractivity (Wildman–Crippen MR) is 116 cm³/mol. The molecule has 2 aromatic rings. The number of aromatic nitrogens is 2. The van der Waals surface area contributed by atoms with E-state index in [1.54, 1.807) is 0 Å². The smallest absolute Gasteiger partial charge is 0.312 e. The van der Waals surface area contributed by atoms with Crippen molar-refractivity contribution in [2.45, 2.75) is 65.8 Å². The lowest BCUT2D eigenvalue weighted by atomic mass is 9.74. The van der Waals surface area contributed by atoms with Crippen LogP contribution in [-0.2, 0) is 28.9 Å². The average molecular weight is 398 g/mol. The number of rotatable bonds is 9. The molecule has 0 amide bonds. The molecule has 29 heavy (non-hydrogen) atoms. The summed E-state index contributed by atoms with van der Waals surface area (Å²) in [5.41, 5.74) is 3.29. The number of likely N-dealkylation sites (tertiary alicyclic amines) is 1. The summed E-state index contributed by atoms with van der Waals surface area (Å²) in [5, 5.41) is 0. The molecule has 0 bridgehead atoms. The van der Waals surface area contributed by atoms with Crippen molar-refractivity contribution in [1.82, 2.24) is 14.9 Å². The number of benzene rings is 1. The van der Waals surface area contributed by atoms with Crippen LogP contribution in [0.25, 0.3) is 0 Å². The van der Waals surface area contributed by atoms with E-state index in [-0.39, 0.29) is 11.4 Å². The van der Waals surface area contributed by atoms with Crippen LogP contribution in [-0.4, -0.2) is 40.5 Å². The van der Waals surface area contributed by atoms with E-state index >= 15 is 0 Å². The molecule has 2 heterocycles. The quantitative estimate of drug-likeness (QED) is 0.635. The fourth-order valence-electron chi connectivity index (χ4n) is 4.35. The molecule has 0 saturated carbocycles. The van der Waals surface area contributed by atoms with Crippen LogP contribution in [0.1, 0.15) is 62.3 Å². The van der Waals surface area contributed by atoms with Gasteiger partial charge >= 0.3 is 5.97 Å². The second-order valence-electron chi connectivity index (χ2n) is 8.22. The van der Waals surface area contributed by atoms with Crippen molar-refractivity contribution in [1.29, 1.82) is 0 Å². The summed E-state index contributed by atoms with van der Waals surface area (Å²) < 4.78 is 5.50. The summed E-state index contributed by atoms with van der Waals surface area (Å²) in [6.07, 6.45) is 5.58. The first-order valence-corrected chi connectivity index (χ1v) is 11.0. The van der Waals surface area contributed by atoms with E-state index in [0.717, 1.165) is 75.4 Å². The third kappa shape index (κ3) is 5.47. The van der Waals surface area contributed by atoms with Crippen LogP contribution < -0.4 is 0 Å². The van der Waals surface area contributed by atoms with E-state index in [0.29, 0.717) is 6.61 Å². The molecule has 0 unspecified atom stereocenters. The Bertz CT molecular complexity index is 777. The van der Waals surface area contributed by atoms with Crippen LogP contribution in [0.15, 0.2) is 30.3 Å². The van der Waals surface area contributed by atoms with Gasteiger partial charge < -0.3 is 9.72 Å². The summed E-state index contributed by atoms with van der Waals surface area (Å²) >= 11 is 0. The second-order valence-corrected chi connectivity index (χ2v) is 8.22. The van der Waals surface area contributed by atoms with E-state index in [1.807, 2.05) is 13.0 Å². The number of nitrogens with one attached hydrogen (secondary N) is 1. The van der Waals surface area contributed by atoms with Crippen molar-refractivity contribution in [2.24, 2.45) is 5.41 Å². The molecule has 1 aromatic heterocycles. The van der Waals surface area contributed by atoms with Gasteiger partial charge in [0.15, 0.2) is 0 Å². The zero-order valence-corrected chi connectivity index (χ0v) is 18.2. The molecule has 1 saturated heterocycles. The highest BCUT2D eigenvalue weighted by molar-refractivity contribution is 5.77. The number of aryl methyl sites for hydroxylation is 3. The predicted octanol–water partition coefficient (Wildman–Crippen LogP) is 4.45. The van der Waals surface area contributed by atoms with Crippen LogP contribution in [0, 0.1) is 12.3 Å². The molecule has 3 rings (SSSR count). The van der Waals surface area contributed by atoms with Gasteiger partial charge in [0.25, 0.3) is 0 Å². The molecule has 0 atom stereocenters. The van der Waals surface area contributed by atoms with Crippen LogP contribution in [0.2, 0.25) is 0 Å². The summed E-state index contributed by atoms with van der Waals surface area (Å²) in [4.78, 5) is 23.4. The molecule has 1 fully saturated rings. The van der Waals surface area contributed by atoms with Crippen LogP contribution >= 0.6 is 0 Å². The van der Waals surface area contributed by atoms with E-state index in [2.05, 4.69) is 48.0 Å². The van der Waals surface area contributed by atoms with E-state index in [9.17, 15) is 4.79 Å². The van der Waals surface area contributed by atoms with Crippen molar-refractivity contribution >= 4 is 5.97 Å². The lowest BCUT2D eigenvalue weighted by Gasteiger charge is -2.40. The molecule has 158 valence electrons. The Morgan fingerprint density at radius 1 is 1.21 bits per heavy atom. The molecular weight excluding hydrogens is 362 g/mol. The van der Waals surface area contributed by atoms with Gasteiger partial charge in [-0.15, -0.1) is 0 Å². The summed E-state index contributed by atoms with van der Waals surface area (Å²) in [5.74, 6) is 1.05. The first-order chi connectivity index (χ1) is 14.1. The number of hydrogen-bond donors (Lipinski definition) is 1. The van der Waals surface area contributed by atoms with E-state index in [1.165, 1.54) is 5.56 Å². The number of aromatic amines is 1. The Balaban J connectivity index is 1.59. The third-order valence-electron chi connectivity index (χ3n) is 6.23. The zero-order chi connectivity index (χ0) is 20.7. The Morgan fingerprint density at radius 2 is 1.93 bits per heavy atom. The van der Waals surface area contributed by atoms with E-state index < -0.39 is 0 Å². The van der Waals surface area contributed by atoms with Gasteiger partial charge in [-0.2, -0.15) is 0 Å². The van der Waals surface area contributed by atoms with Crippen molar-refractivity contribution in [3.63, 3.8) is 0 Å². The normalized spacial score (nSPS) is 16.7. The number of esters is 1. The van der Waals surface area contributed by atoms with Crippen molar-refractivity contribution in [2.75, 3.05) is 19.7 Å². The molecule has 1 aliphatic heterocycles. The summed E-state index contributed by atoms with van der Waals surface area (Å²) in [7, 11) is 0. The minimum atomic E-state index is -0.337. The standard InChI is InChI=1S/C24H35N3O2/c1-4-22-25-19(3)21(26-22)18-27-16-14-24(15-17-27,23(28)29-5-2)13-9-12-20-10-7-6-8-11-20/h6-8,10-11H,4-5,9,12-18H2,1-3H3,(H,25,26). The molecule has 0 aliphatic carbocycles. The number of hydrogen-bond acceptors (Lipinski definition) is 4. The van der Waals surface area contributed by atoms with Gasteiger partial charge in [0, 0.05) is 18.7 Å². The molecule has 0 spiro atoms. The van der Waals surface area contributed by atoms with Gasteiger partial charge in [-0.25, -0.2) is 4.98 Å². The molecule has 1 aliphatic rings. The Labute approximate surface area is 174 Å². The zero-order valence-electron chi connectivity index (χ0n) is 18.2. The van der Waals surface area contributed by atoms with Crippen LogP contribution in [0.5, 0.6) is 0 Å². The van der Waals surface area contributed by atoms with Gasteiger partial charge in [0.2, 0.25) is 0 Å². The number of piperidine rings is 1.